The number of hydrogen-bond donors (Lipinski definition) is 1. The highest BCUT2D eigenvalue weighted by molar-refractivity contribution is 5.49. The van der Waals surface area contributed by atoms with Crippen LogP contribution in [0.25, 0.3) is 5.69 Å². The molecule has 0 bridgehead atoms. The van der Waals surface area contributed by atoms with Gasteiger partial charge in [0.2, 0.25) is 0 Å². The Bertz CT molecular complexity index is 794. The van der Waals surface area contributed by atoms with Gasteiger partial charge in [-0.3, -0.25) is 0 Å². The fraction of sp³-hybridized carbons (Fsp3) is 0.333. The molecule has 9 heteroatoms. The van der Waals surface area contributed by atoms with E-state index in [-0.39, 0.29) is 5.69 Å². The van der Waals surface area contributed by atoms with Crippen LogP contribution in [0.1, 0.15) is 28.5 Å². The van der Waals surface area contributed by atoms with Crippen molar-refractivity contribution in [3.8, 4) is 5.69 Å². The lowest BCUT2D eigenvalue weighted by Gasteiger charge is -2.16. The van der Waals surface area contributed by atoms with Gasteiger partial charge in [0.1, 0.15) is 18.6 Å². The Hall–Kier alpha value is -2.03. The van der Waals surface area contributed by atoms with Crippen molar-refractivity contribution in [1.29, 1.82) is 0 Å². The topological polar surface area (TPSA) is 25.2 Å². The molecule has 0 saturated heterocycles. The summed E-state index contributed by atoms with van der Waals surface area (Å²) in [5, 5.41) is 9.58. The molecule has 1 aliphatic carbocycles. The third-order valence-electron chi connectivity index (χ3n) is 3.98. The Balaban J connectivity index is 2.23. The van der Waals surface area contributed by atoms with Crippen molar-refractivity contribution in [3.05, 3.63) is 52.6 Å². The summed E-state index contributed by atoms with van der Waals surface area (Å²) in [4.78, 5) is 0. The molecule has 3 rings (SSSR count). The van der Waals surface area contributed by atoms with E-state index in [9.17, 15) is 35.8 Å². The second kappa shape index (κ2) is 5.23. The first-order valence-corrected chi connectivity index (χ1v) is 6.78. The molecule has 24 heavy (non-hydrogen) atoms. The Morgan fingerprint density at radius 3 is 2.50 bits per heavy atom. The third-order valence-corrected chi connectivity index (χ3v) is 3.98. The van der Waals surface area contributed by atoms with E-state index in [1.54, 1.807) is 0 Å². The van der Waals surface area contributed by atoms with Crippen LogP contribution < -0.4 is 0 Å². The van der Waals surface area contributed by atoms with Gasteiger partial charge in [-0.15, -0.1) is 0 Å². The predicted molar refractivity (Wildman–Crippen MR) is 69.2 cm³/mol. The molecule has 0 spiro atoms. The summed E-state index contributed by atoms with van der Waals surface area (Å²) in [6.45, 7) is -1.20. The smallest absolute Gasteiger partial charge is 0.382 e. The molecule has 2 aromatic rings. The molecule has 0 radical (unpaired) electrons. The number of hydrogen-bond acceptors (Lipinski definition) is 1. The van der Waals surface area contributed by atoms with Gasteiger partial charge in [0.05, 0.1) is 12.0 Å². The molecule has 0 fully saturated rings. The molecular weight excluding hydrogens is 343 g/mol. The van der Waals surface area contributed by atoms with Crippen molar-refractivity contribution < 1.29 is 35.8 Å². The summed E-state index contributed by atoms with van der Waals surface area (Å²) in [6.07, 6.45) is -8.11. The van der Waals surface area contributed by atoms with Crippen LogP contribution in [-0.2, 0) is 19.3 Å². The number of halogens is 7. The lowest BCUT2D eigenvalue weighted by molar-refractivity contribution is -0.142. The van der Waals surface area contributed by atoms with E-state index in [1.165, 1.54) is 0 Å². The summed E-state index contributed by atoms with van der Waals surface area (Å²) < 4.78 is 93.6. The maximum Gasteiger partial charge on any atom is 0.418 e. The molecule has 1 heterocycles. The monoisotopic (exact) mass is 353 g/mol. The van der Waals surface area contributed by atoms with Gasteiger partial charge in [0.15, 0.2) is 0 Å². The summed E-state index contributed by atoms with van der Waals surface area (Å²) >= 11 is 0. The normalized spacial score (nSPS) is 19.6. The Morgan fingerprint density at radius 2 is 1.92 bits per heavy atom. The quantitative estimate of drug-likeness (QED) is 0.799. The molecule has 0 saturated carbocycles. The van der Waals surface area contributed by atoms with Crippen molar-refractivity contribution in [3.63, 3.8) is 0 Å². The van der Waals surface area contributed by atoms with E-state index >= 15 is 0 Å². The average Bonchev–Trinajstić information content (AvgIpc) is 2.95. The Kier molecular flexibility index (Phi) is 3.67. The highest BCUT2D eigenvalue weighted by atomic mass is 19.4. The van der Waals surface area contributed by atoms with Crippen LogP contribution in [0.2, 0.25) is 0 Å². The maximum atomic E-state index is 13.7. The molecule has 1 aromatic heterocycles. The largest absolute Gasteiger partial charge is 0.418 e. The van der Waals surface area contributed by atoms with Crippen LogP contribution in [0.4, 0.5) is 30.7 Å². The molecule has 1 unspecified atom stereocenters. The van der Waals surface area contributed by atoms with Gasteiger partial charge in [0.25, 0.3) is 5.92 Å². The molecule has 0 amide bonds. The number of rotatable bonds is 2. The molecule has 1 N–H and O–H groups in total. The van der Waals surface area contributed by atoms with Gasteiger partial charge in [-0.25, -0.2) is 17.6 Å². The third kappa shape index (κ3) is 2.47. The first-order chi connectivity index (χ1) is 11.1. The number of benzene rings is 1. The van der Waals surface area contributed by atoms with Gasteiger partial charge in [0, 0.05) is 28.7 Å². The number of aliphatic hydroxyl groups is 1. The van der Waals surface area contributed by atoms with Crippen LogP contribution in [0.5, 0.6) is 0 Å². The van der Waals surface area contributed by atoms with Gasteiger partial charge in [-0.05, 0) is 18.2 Å². The fourth-order valence-corrected chi connectivity index (χ4v) is 2.85. The number of aromatic nitrogens is 1. The van der Waals surface area contributed by atoms with Crippen molar-refractivity contribution >= 4 is 0 Å². The predicted octanol–water partition coefficient (Wildman–Crippen LogP) is 4.33. The molecule has 2 nitrogen and oxygen atoms in total. The van der Waals surface area contributed by atoms with E-state index < -0.39 is 59.5 Å². The summed E-state index contributed by atoms with van der Waals surface area (Å²) in [5.41, 5.74) is -3.24. The van der Waals surface area contributed by atoms with Crippen LogP contribution in [-0.4, -0.2) is 15.6 Å². The van der Waals surface area contributed by atoms with Crippen molar-refractivity contribution in [2.24, 2.45) is 0 Å². The first-order valence-electron chi connectivity index (χ1n) is 6.78. The number of alkyl halides is 6. The maximum absolute atomic E-state index is 13.7. The van der Waals surface area contributed by atoms with E-state index in [1.807, 2.05) is 0 Å². The summed E-state index contributed by atoms with van der Waals surface area (Å²) in [7, 11) is 0. The zero-order valence-electron chi connectivity index (χ0n) is 11.8. The van der Waals surface area contributed by atoms with Crippen LogP contribution in [0.15, 0.2) is 24.4 Å². The van der Waals surface area contributed by atoms with Crippen LogP contribution in [0, 0.1) is 5.82 Å². The van der Waals surface area contributed by atoms with Gasteiger partial charge >= 0.3 is 6.18 Å². The zero-order chi connectivity index (χ0) is 17.9. The highest BCUT2D eigenvalue weighted by Crippen LogP contribution is 2.49. The zero-order valence-corrected chi connectivity index (χ0v) is 11.8. The highest BCUT2D eigenvalue weighted by Gasteiger charge is 2.53. The molecule has 1 aliphatic rings. The Labute approximate surface area is 131 Å². The minimum atomic E-state index is -4.96. The number of aliphatic hydroxyl groups excluding tert-OH is 1. The molecule has 1 atom stereocenters. The van der Waals surface area contributed by atoms with E-state index in [0.717, 1.165) is 22.8 Å². The first kappa shape index (κ1) is 16.8. The van der Waals surface area contributed by atoms with Gasteiger partial charge in [-0.1, -0.05) is 0 Å². The lowest BCUT2D eigenvalue weighted by Crippen LogP contribution is -2.23. The van der Waals surface area contributed by atoms with Gasteiger partial charge in [-0.2, -0.15) is 13.2 Å². The van der Waals surface area contributed by atoms with E-state index in [2.05, 4.69) is 0 Å². The van der Waals surface area contributed by atoms with Crippen LogP contribution >= 0.6 is 0 Å². The standard InChI is InChI=1S/C15H10F7NO/c16-5-7-3-8(1-2-10(7)17)23-6-9(15(20,21)22)12-11(23)4-14(18,19)13(12)24/h1-3,6,13,24H,4-5H2. The summed E-state index contributed by atoms with van der Waals surface area (Å²) in [6, 6.07) is 2.84. The molecule has 0 aliphatic heterocycles. The SMILES string of the molecule is OC1c2c(C(F)(F)F)cn(-c3ccc(F)c(CF)c3)c2CC1(F)F. The van der Waals surface area contributed by atoms with Crippen molar-refractivity contribution in [2.45, 2.75) is 31.3 Å². The number of nitrogens with zero attached hydrogens (tertiary/aromatic N) is 1. The summed E-state index contributed by atoms with van der Waals surface area (Å²) in [5.74, 6) is -4.65. The van der Waals surface area contributed by atoms with Crippen molar-refractivity contribution in [1.82, 2.24) is 4.57 Å². The molecule has 130 valence electrons. The van der Waals surface area contributed by atoms with E-state index in [4.69, 9.17) is 0 Å². The number of fused-ring (bicyclic) bond motifs is 1. The fourth-order valence-electron chi connectivity index (χ4n) is 2.85. The second-order valence-electron chi connectivity index (χ2n) is 5.52. The van der Waals surface area contributed by atoms with E-state index in [0.29, 0.717) is 6.20 Å². The molecule has 1 aromatic carbocycles. The Morgan fingerprint density at radius 1 is 1.25 bits per heavy atom. The van der Waals surface area contributed by atoms with Gasteiger partial charge < -0.3 is 9.67 Å². The van der Waals surface area contributed by atoms with Crippen LogP contribution in [0.3, 0.4) is 0 Å². The lowest BCUT2D eigenvalue weighted by atomic mass is 10.1. The minimum absolute atomic E-state index is 0.0966. The average molecular weight is 353 g/mol. The van der Waals surface area contributed by atoms with Crippen molar-refractivity contribution in [2.75, 3.05) is 0 Å². The molecular formula is C15H10F7NO. The minimum Gasteiger partial charge on any atom is -0.382 e. The second-order valence-corrected chi connectivity index (χ2v) is 5.52.